The number of unbranched alkanes of at least 4 members (excludes halogenated alkanes) is 2. The van der Waals surface area contributed by atoms with Gasteiger partial charge in [-0.05, 0) is 25.0 Å². The number of hydrogen-bond acceptors (Lipinski definition) is 4. The van der Waals surface area contributed by atoms with Crippen molar-refractivity contribution in [2.75, 3.05) is 26.1 Å². The highest BCUT2D eigenvalue weighted by Crippen LogP contribution is 2.22. The standard InChI is InChI=1S/C14H21NO3/c1-17-13-9-6-5-8-12(13)15-11-7-3-4-10-14(16)18-2/h5-6,8-9,15H,3-4,7,10-11H2,1-2H3. The fourth-order valence-corrected chi connectivity index (χ4v) is 1.69. The van der Waals surface area contributed by atoms with E-state index in [4.69, 9.17) is 4.74 Å². The summed E-state index contributed by atoms with van der Waals surface area (Å²) in [4.78, 5) is 10.9. The maximum absolute atomic E-state index is 10.9. The Morgan fingerprint density at radius 1 is 1.17 bits per heavy atom. The zero-order valence-electron chi connectivity index (χ0n) is 11.1. The van der Waals surface area contributed by atoms with E-state index in [0.29, 0.717) is 6.42 Å². The summed E-state index contributed by atoms with van der Waals surface area (Å²) in [6.07, 6.45) is 3.41. The monoisotopic (exact) mass is 251 g/mol. The van der Waals surface area contributed by atoms with Gasteiger partial charge < -0.3 is 14.8 Å². The van der Waals surface area contributed by atoms with Gasteiger partial charge in [0.1, 0.15) is 5.75 Å². The first-order valence-corrected chi connectivity index (χ1v) is 6.21. The Kier molecular flexibility index (Phi) is 6.69. The van der Waals surface area contributed by atoms with E-state index in [9.17, 15) is 4.79 Å². The summed E-state index contributed by atoms with van der Waals surface area (Å²) in [5.41, 5.74) is 1.01. The molecule has 0 bridgehead atoms. The number of methoxy groups -OCH3 is 2. The zero-order chi connectivity index (χ0) is 13.2. The molecule has 4 heteroatoms. The Hall–Kier alpha value is -1.71. The van der Waals surface area contributed by atoms with Crippen LogP contribution < -0.4 is 10.1 Å². The summed E-state index contributed by atoms with van der Waals surface area (Å²) in [7, 11) is 3.09. The van der Waals surface area contributed by atoms with Crippen LogP contribution in [0.2, 0.25) is 0 Å². The second kappa shape index (κ2) is 8.39. The van der Waals surface area contributed by atoms with Crippen molar-refractivity contribution in [2.24, 2.45) is 0 Å². The van der Waals surface area contributed by atoms with Gasteiger partial charge in [0.25, 0.3) is 0 Å². The zero-order valence-corrected chi connectivity index (χ0v) is 11.1. The molecule has 0 fully saturated rings. The average molecular weight is 251 g/mol. The van der Waals surface area contributed by atoms with Crippen molar-refractivity contribution >= 4 is 11.7 Å². The minimum absolute atomic E-state index is 0.132. The molecule has 0 aliphatic carbocycles. The molecule has 0 amide bonds. The van der Waals surface area contributed by atoms with Crippen LogP contribution in [0, 0.1) is 0 Å². The molecule has 1 aromatic rings. The maximum Gasteiger partial charge on any atom is 0.305 e. The topological polar surface area (TPSA) is 47.6 Å². The fraction of sp³-hybridized carbons (Fsp3) is 0.500. The highest BCUT2D eigenvalue weighted by Gasteiger charge is 2.01. The number of esters is 1. The van der Waals surface area contributed by atoms with Crippen molar-refractivity contribution in [1.29, 1.82) is 0 Å². The third-order valence-electron chi connectivity index (χ3n) is 2.71. The van der Waals surface area contributed by atoms with Gasteiger partial charge in [0.2, 0.25) is 0 Å². The Morgan fingerprint density at radius 3 is 2.67 bits per heavy atom. The number of anilines is 1. The molecule has 0 saturated carbocycles. The molecule has 0 radical (unpaired) electrons. The molecular formula is C14H21NO3. The van der Waals surface area contributed by atoms with E-state index in [1.807, 2.05) is 24.3 Å². The van der Waals surface area contributed by atoms with E-state index in [-0.39, 0.29) is 5.97 Å². The minimum Gasteiger partial charge on any atom is -0.495 e. The summed E-state index contributed by atoms with van der Waals surface area (Å²) >= 11 is 0. The van der Waals surface area contributed by atoms with E-state index in [1.54, 1.807) is 7.11 Å². The van der Waals surface area contributed by atoms with Crippen molar-refractivity contribution in [3.8, 4) is 5.75 Å². The third kappa shape index (κ3) is 5.08. The second-order valence-electron chi connectivity index (χ2n) is 4.01. The van der Waals surface area contributed by atoms with Crippen LogP contribution in [-0.4, -0.2) is 26.7 Å². The summed E-state index contributed by atoms with van der Waals surface area (Å²) in [5.74, 6) is 0.722. The molecular weight excluding hydrogens is 230 g/mol. The quantitative estimate of drug-likeness (QED) is 0.570. The molecule has 0 aromatic heterocycles. The summed E-state index contributed by atoms with van der Waals surface area (Å²) in [6, 6.07) is 7.84. The lowest BCUT2D eigenvalue weighted by Gasteiger charge is -2.10. The van der Waals surface area contributed by atoms with Crippen LogP contribution in [-0.2, 0) is 9.53 Å². The van der Waals surface area contributed by atoms with Crippen LogP contribution in [0.1, 0.15) is 25.7 Å². The highest BCUT2D eigenvalue weighted by molar-refractivity contribution is 5.68. The van der Waals surface area contributed by atoms with Crippen molar-refractivity contribution < 1.29 is 14.3 Å². The Balaban J connectivity index is 2.16. The summed E-state index contributed by atoms with van der Waals surface area (Å²) < 4.78 is 9.83. The first-order valence-electron chi connectivity index (χ1n) is 6.21. The lowest BCUT2D eigenvalue weighted by atomic mass is 10.2. The molecule has 0 saturated heterocycles. The molecule has 1 rings (SSSR count). The van der Waals surface area contributed by atoms with Crippen LogP contribution in [0.5, 0.6) is 5.75 Å². The van der Waals surface area contributed by atoms with Crippen molar-refractivity contribution in [1.82, 2.24) is 0 Å². The van der Waals surface area contributed by atoms with E-state index in [1.165, 1.54) is 7.11 Å². The highest BCUT2D eigenvalue weighted by atomic mass is 16.5. The molecule has 0 aliphatic rings. The van der Waals surface area contributed by atoms with E-state index in [0.717, 1.165) is 37.2 Å². The van der Waals surface area contributed by atoms with Gasteiger partial charge in [0, 0.05) is 13.0 Å². The van der Waals surface area contributed by atoms with Gasteiger partial charge in [0.05, 0.1) is 19.9 Å². The number of para-hydroxylation sites is 2. The SMILES string of the molecule is COC(=O)CCCCCNc1ccccc1OC. The third-order valence-corrected chi connectivity index (χ3v) is 2.71. The number of hydrogen-bond donors (Lipinski definition) is 1. The predicted octanol–water partition coefficient (Wildman–Crippen LogP) is 2.84. The van der Waals surface area contributed by atoms with E-state index in [2.05, 4.69) is 10.1 Å². The number of carbonyl (C=O) groups excluding carboxylic acids is 1. The van der Waals surface area contributed by atoms with Gasteiger partial charge in [-0.3, -0.25) is 4.79 Å². The largest absolute Gasteiger partial charge is 0.495 e. The molecule has 18 heavy (non-hydrogen) atoms. The first kappa shape index (κ1) is 14.4. The minimum atomic E-state index is -0.132. The normalized spacial score (nSPS) is 9.89. The van der Waals surface area contributed by atoms with Crippen LogP contribution in [0.3, 0.4) is 0 Å². The molecule has 0 unspecified atom stereocenters. The van der Waals surface area contributed by atoms with Gasteiger partial charge >= 0.3 is 5.97 Å². The molecule has 0 aliphatic heterocycles. The van der Waals surface area contributed by atoms with Crippen molar-refractivity contribution in [3.05, 3.63) is 24.3 Å². The lowest BCUT2D eigenvalue weighted by Crippen LogP contribution is -2.04. The van der Waals surface area contributed by atoms with E-state index >= 15 is 0 Å². The Morgan fingerprint density at radius 2 is 1.94 bits per heavy atom. The lowest BCUT2D eigenvalue weighted by molar-refractivity contribution is -0.140. The number of rotatable bonds is 8. The van der Waals surface area contributed by atoms with Crippen molar-refractivity contribution in [2.45, 2.75) is 25.7 Å². The van der Waals surface area contributed by atoms with E-state index < -0.39 is 0 Å². The van der Waals surface area contributed by atoms with Gasteiger partial charge in [-0.2, -0.15) is 0 Å². The number of carbonyl (C=O) groups is 1. The maximum atomic E-state index is 10.9. The summed E-state index contributed by atoms with van der Waals surface area (Å²) in [6.45, 7) is 0.877. The molecule has 0 spiro atoms. The molecule has 1 N–H and O–H groups in total. The van der Waals surface area contributed by atoms with Crippen LogP contribution in [0.4, 0.5) is 5.69 Å². The number of benzene rings is 1. The van der Waals surface area contributed by atoms with Crippen LogP contribution >= 0.6 is 0 Å². The fourth-order valence-electron chi connectivity index (χ4n) is 1.69. The number of ether oxygens (including phenoxy) is 2. The van der Waals surface area contributed by atoms with Gasteiger partial charge in [0.15, 0.2) is 0 Å². The Bertz CT molecular complexity index is 366. The molecule has 1 aromatic carbocycles. The molecule has 0 heterocycles. The first-order chi connectivity index (χ1) is 8.77. The molecule has 100 valence electrons. The Labute approximate surface area is 108 Å². The smallest absolute Gasteiger partial charge is 0.305 e. The van der Waals surface area contributed by atoms with Gasteiger partial charge in [-0.25, -0.2) is 0 Å². The molecule has 0 atom stereocenters. The second-order valence-corrected chi connectivity index (χ2v) is 4.01. The number of nitrogens with one attached hydrogen (secondary N) is 1. The average Bonchev–Trinajstić information content (AvgIpc) is 2.42. The summed E-state index contributed by atoms with van der Waals surface area (Å²) in [5, 5.41) is 3.33. The van der Waals surface area contributed by atoms with Gasteiger partial charge in [-0.15, -0.1) is 0 Å². The van der Waals surface area contributed by atoms with Crippen LogP contribution in [0.15, 0.2) is 24.3 Å². The molecule has 4 nitrogen and oxygen atoms in total. The van der Waals surface area contributed by atoms with Gasteiger partial charge in [-0.1, -0.05) is 18.6 Å². The predicted molar refractivity (Wildman–Crippen MR) is 72.0 cm³/mol. The van der Waals surface area contributed by atoms with Crippen LogP contribution in [0.25, 0.3) is 0 Å². The van der Waals surface area contributed by atoms with Crippen molar-refractivity contribution in [3.63, 3.8) is 0 Å².